The first-order valence-corrected chi connectivity index (χ1v) is 16.6. The summed E-state index contributed by atoms with van der Waals surface area (Å²) in [4.78, 5) is 23.7. The molecule has 1 saturated heterocycles. The van der Waals surface area contributed by atoms with E-state index in [4.69, 9.17) is 4.74 Å². The maximum atomic E-state index is 12.1. The van der Waals surface area contributed by atoms with Crippen LogP contribution in [0.2, 0.25) is 0 Å². The SMILES string of the molecule is CCC(C)(C)CC(C)(C)CC(C)(C)CC(C)(C)CC(C)(C)CC(C)(C)CC(C)(C)CC(C)(C)CC1CC(=O)OC1=O. The lowest BCUT2D eigenvalue weighted by Gasteiger charge is -2.47. The minimum Gasteiger partial charge on any atom is -0.393 e. The van der Waals surface area contributed by atoms with Gasteiger partial charge in [-0.1, -0.05) is 124 Å². The van der Waals surface area contributed by atoms with E-state index in [-0.39, 0.29) is 51.4 Å². The molecule has 1 heterocycles. The van der Waals surface area contributed by atoms with E-state index in [9.17, 15) is 9.59 Å². The second kappa shape index (κ2) is 12.6. The van der Waals surface area contributed by atoms with Crippen LogP contribution in [0.5, 0.6) is 0 Å². The Morgan fingerprint density at radius 1 is 0.488 bits per heavy atom. The Labute approximate surface area is 257 Å². The van der Waals surface area contributed by atoms with Gasteiger partial charge < -0.3 is 4.74 Å². The minimum absolute atomic E-state index is 0.0307. The predicted molar refractivity (Wildman–Crippen MR) is 177 cm³/mol. The molecule has 0 amide bonds. The summed E-state index contributed by atoms with van der Waals surface area (Å²) >= 11 is 0. The van der Waals surface area contributed by atoms with E-state index in [1.807, 2.05) is 0 Å². The molecule has 242 valence electrons. The first kappa shape index (κ1) is 38.2. The molecule has 1 unspecified atom stereocenters. The third-order valence-electron chi connectivity index (χ3n) is 9.42. The zero-order valence-electron chi connectivity index (χ0n) is 30.9. The Balaban J connectivity index is 2.84. The van der Waals surface area contributed by atoms with Crippen LogP contribution in [0, 0.1) is 49.2 Å². The molecule has 0 aromatic rings. The Morgan fingerprint density at radius 3 is 1.00 bits per heavy atom. The van der Waals surface area contributed by atoms with Crippen molar-refractivity contribution in [2.24, 2.45) is 49.2 Å². The van der Waals surface area contributed by atoms with Crippen molar-refractivity contribution in [3.63, 3.8) is 0 Å². The summed E-state index contributed by atoms with van der Waals surface area (Å²) in [7, 11) is 0. The second-order valence-electron chi connectivity index (χ2n) is 20.8. The van der Waals surface area contributed by atoms with Crippen molar-refractivity contribution in [1.82, 2.24) is 0 Å². The Bertz CT molecular complexity index is 894. The smallest absolute Gasteiger partial charge is 0.317 e. The molecule has 0 bridgehead atoms. The summed E-state index contributed by atoms with van der Waals surface area (Å²) in [5.41, 5.74) is 1.84. The lowest BCUT2D eigenvalue weighted by atomic mass is 9.59. The summed E-state index contributed by atoms with van der Waals surface area (Å²) in [5, 5.41) is 0. The number of carbonyl (C=O) groups excluding carboxylic acids is 2. The van der Waals surface area contributed by atoms with Gasteiger partial charge in [0.1, 0.15) is 0 Å². The van der Waals surface area contributed by atoms with Crippen LogP contribution in [-0.4, -0.2) is 11.9 Å². The molecule has 1 atom stereocenters. The summed E-state index contributed by atoms with van der Waals surface area (Å²) < 4.78 is 4.82. The maximum Gasteiger partial charge on any atom is 0.317 e. The number of hydrogen-bond donors (Lipinski definition) is 0. The molecule has 0 aliphatic carbocycles. The van der Waals surface area contributed by atoms with E-state index < -0.39 is 0 Å². The number of hydrogen-bond acceptors (Lipinski definition) is 3. The van der Waals surface area contributed by atoms with Crippen molar-refractivity contribution >= 4 is 11.9 Å². The quantitative estimate of drug-likeness (QED) is 0.128. The van der Waals surface area contributed by atoms with Crippen LogP contribution in [0.1, 0.15) is 182 Å². The highest BCUT2D eigenvalue weighted by Gasteiger charge is 2.43. The Kier molecular flexibility index (Phi) is 11.8. The van der Waals surface area contributed by atoms with Gasteiger partial charge in [0.15, 0.2) is 0 Å². The van der Waals surface area contributed by atoms with Gasteiger partial charge in [0.2, 0.25) is 0 Å². The van der Waals surface area contributed by atoms with E-state index >= 15 is 0 Å². The molecule has 1 fully saturated rings. The van der Waals surface area contributed by atoms with Crippen LogP contribution < -0.4 is 0 Å². The highest BCUT2D eigenvalue weighted by molar-refractivity contribution is 5.94. The normalized spacial score (nSPS) is 18.7. The van der Waals surface area contributed by atoms with Gasteiger partial charge in [-0.05, 0) is 94.7 Å². The van der Waals surface area contributed by atoms with Crippen LogP contribution in [-0.2, 0) is 14.3 Å². The fourth-order valence-electron chi connectivity index (χ4n) is 11.0. The van der Waals surface area contributed by atoms with Crippen molar-refractivity contribution in [3.05, 3.63) is 0 Å². The molecule has 0 aromatic carbocycles. The molecule has 0 spiro atoms. The molecule has 41 heavy (non-hydrogen) atoms. The number of rotatable bonds is 17. The highest BCUT2D eigenvalue weighted by atomic mass is 16.6. The lowest BCUT2D eigenvalue weighted by Crippen LogP contribution is -2.36. The zero-order valence-corrected chi connectivity index (χ0v) is 30.9. The minimum atomic E-state index is -0.367. The summed E-state index contributed by atoms with van der Waals surface area (Å²) in [6.07, 6.45) is 10.5. The van der Waals surface area contributed by atoms with Gasteiger partial charge in [-0.25, -0.2) is 0 Å². The van der Waals surface area contributed by atoms with Gasteiger partial charge in [0.25, 0.3) is 0 Å². The molecular weight excluding hydrogens is 504 g/mol. The summed E-state index contributed by atoms with van der Waals surface area (Å²) in [6, 6.07) is 0. The molecule has 0 radical (unpaired) electrons. The Hall–Kier alpha value is -0.860. The monoisotopic (exact) mass is 577 g/mol. The van der Waals surface area contributed by atoms with Crippen LogP contribution >= 0.6 is 0 Å². The van der Waals surface area contributed by atoms with Gasteiger partial charge in [-0.3, -0.25) is 9.59 Å². The van der Waals surface area contributed by atoms with Crippen molar-refractivity contribution in [1.29, 1.82) is 0 Å². The first-order chi connectivity index (χ1) is 17.9. The first-order valence-electron chi connectivity index (χ1n) is 16.6. The molecule has 1 aliphatic heterocycles. The third-order valence-corrected chi connectivity index (χ3v) is 9.42. The highest BCUT2D eigenvalue weighted by Crippen LogP contribution is 2.53. The standard InChI is InChI=1S/C38H72O3/c1-18-31(2,3)21-33(6,7)23-35(10,11)25-37(14,15)27-38(16,17)26-36(12,13)24-34(8,9)22-32(4,5)20-28-19-29(39)41-30(28)40/h28H,18-27H2,1-17H3. The lowest BCUT2D eigenvalue weighted by molar-refractivity contribution is -0.153. The van der Waals surface area contributed by atoms with Crippen LogP contribution in [0.25, 0.3) is 0 Å². The average Bonchev–Trinajstić information content (AvgIpc) is 2.89. The molecule has 3 nitrogen and oxygen atoms in total. The molecule has 0 aromatic heterocycles. The zero-order chi connectivity index (χ0) is 32.5. The largest absolute Gasteiger partial charge is 0.393 e. The second-order valence-corrected chi connectivity index (χ2v) is 20.8. The molecular formula is C38H72O3. The fourth-order valence-corrected chi connectivity index (χ4v) is 11.0. The van der Waals surface area contributed by atoms with Crippen molar-refractivity contribution < 1.29 is 14.3 Å². The van der Waals surface area contributed by atoms with E-state index in [2.05, 4.69) is 118 Å². The van der Waals surface area contributed by atoms with Crippen LogP contribution in [0.3, 0.4) is 0 Å². The molecule has 3 heteroatoms. The number of cyclic esters (lactones) is 2. The summed E-state index contributed by atoms with van der Waals surface area (Å²) in [6.45, 7) is 41.3. The van der Waals surface area contributed by atoms with Gasteiger partial charge in [-0.2, -0.15) is 0 Å². The predicted octanol–water partition coefficient (Wildman–Crippen LogP) is 11.8. The van der Waals surface area contributed by atoms with Gasteiger partial charge >= 0.3 is 11.9 Å². The van der Waals surface area contributed by atoms with Gasteiger partial charge in [0, 0.05) is 0 Å². The fraction of sp³-hybridized carbons (Fsp3) is 0.947. The number of esters is 2. The number of carbonyl (C=O) groups is 2. The van der Waals surface area contributed by atoms with Crippen molar-refractivity contribution in [3.8, 4) is 0 Å². The van der Waals surface area contributed by atoms with E-state index in [0.29, 0.717) is 22.7 Å². The molecule has 1 rings (SSSR count). The van der Waals surface area contributed by atoms with Crippen LogP contribution in [0.15, 0.2) is 0 Å². The average molecular weight is 577 g/mol. The molecule has 1 aliphatic rings. The summed E-state index contributed by atoms with van der Waals surface area (Å²) in [5.74, 6) is -0.980. The number of ether oxygens (including phenoxy) is 1. The molecule has 0 N–H and O–H groups in total. The van der Waals surface area contributed by atoms with Gasteiger partial charge in [0.05, 0.1) is 12.3 Å². The maximum absolute atomic E-state index is 12.1. The van der Waals surface area contributed by atoms with Crippen molar-refractivity contribution in [2.75, 3.05) is 0 Å². The van der Waals surface area contributed by atoms with Crippen molar-refractivity contribution in [2.45, 2.75) is 182 Å². The third kappa shape index (κ3) is 14.4. The topological polar surface area (TPSA) is 43.4 Å². The molecule has 0 saturated carbocycles. The van der Waals surface area contributed by atoms with E-state index in [0.717, 1.165) is 12.8 Å². The Morgan fingerprint density at radius 2 is 0.756 bits per heavy atom. The van der Waals surface area contributed by atoms with E-state index in [1.54, 1.807) is 0 Å². The van der Waals surface area contributed by atoms with E-state index in [1.165, 1.54) is 38.5 Å². The van der Waals surface area contributed by atoms with Crippen LogP contribution in [0.4, 0.5) is 0 Å². The van der Waals surface area contributed by atoms with Gasteiger partial charge in [-0.15, -0.1) is 0 Å².